The van der Waals surface area contributed by atoms with Gasteiger partial charge in [0.2, 0.25) is 0 Å². The van der Waals surface area contributed by atoms with Crippen LogP contribution in [0.1, 0.15) is 36.0 Å². The maximum Gasteiger partial charge on any atom is 0.253 e. The van der Waals surface area contributed by atoms with Crippen LogP contribution in [0.4, 0.5) is 11.4 Å². The van der Waals surface area contributed by atoms with E-state index in [-0.39, 0.29) is 5.91 Å². The van der Waals surface area contributed by atoms with Crippen LogP contribution in [0.25, 0.3) is 0 Å². The van der Waals surface area contributed by atoms with Crippen molar-refractivity contribution in [3.63, 3.8) is 0 Å². The molecule has 26 heavy (non-hydrogen) atoms. The van der Waals surface area contributed by atoms with Crippen molar-refractivity contribution in [1.82, 2.24) is 10.2 Å². The molecule has 2 aromatic rings. The van der Waals surface area contributed by atoms with Gasteiger partial charge in [0, 0.05) is 49.2 Å². The molecule has 0 saturated carbocycles. The van der Waals surface area contributed by atoms with E-state index in [2.05, 4.69) is 52.7 Å². The molecule has 136 valence electrons. The summed E-state index contributed by atoms with van der Waals surface area (Å²) in [5.41, 5.74) is 3.13. The maximum atomic E-state index is 12.2. The first-order chi connectivity index (χ1) is 12.6. The van der Waals surface area contributed by atoms with Crippen LogP contribution in [0.2, 0.25) is 0 Å². The van der Waals surface area contributed by atoms with Crippen LogP contribution in [0.15, 0.2) is 54.6 Å². The van der Waals surface area contributed by atoms with Crippen LogP contribution in [-0.2, 0) is 0 Å². The van der Waals surface area contributed by atoms with Crippen molar-refractivity contribution in [1.29, 1.82) is 0 Å². The van der Waals surface area contributed by atoms with E-state index < -0.39 is 0 Å². The summed E-state index contributed by atoms with van der Waals surface area (Å²) in [6.07, 6.45) is 4.92. The zero-order valence-electron chi connectivity index (χ0n) is 15.6. The summed E-state index contributed by atoms with van der Waals surface area (Å²) in [4.78, 5) is 16.3. The molecule has 2 heterocycles. The molecule has 2 aliphatic heterocycles. The number of nitrogens with zero attached hydrogens (tertiary/aromatic N) is 2. The van der Waals surface area contributed by atoms with Crippen LogP contribution in [0, 0.1) is 0 Å². The second-order valence-corrected chi connectivity index (χ2v) is 7.72. The van der Waals surface area contributed by atoms with E-state index in [4.69, 9.17) is 0 Å². The minimum atomic E-state index is 0.0442. The Hall–Kier alpha value is -2.33. The van der Waals surface area contributed by atoms with Crippen LogP contribution in [0.3, 0.4) is 0 Å². The van der Waals surface area contributed by atoms with Gasteiger partial charge in [0.15, 0.2) is 0 Å². The zero-order chi connectivity index (χ0) is 18.1. The molecule has 2 fully saturated rings. The van der Waals surface area contributed by atoms with Crippen LogP contribution in [0.5, 0.6) is 0 Å². The lowest BCUT2D eigenvalue weighted by molar-refractivity contribution is 0.0827. The molecule has 2 aromatic carbocycles. The van der Waals surface area contributed by atoms with E-state index in [1.54, 1.807) is 19.0 Å². The third-order valence-corrected chi connectivity index (χ3v) is 5.65. The fourth-order valence-corrected chi connectivity index (χ4v) is 4.42. The molecule has 4 nitrogen and oxygen atoms in total. The van der Waals surface area contributed by atoms with E-state index in [9.17, 15) is 4.79 Å². The first-order valence-electron chi connectivity index (χ1n) is 9.54. The quantitative estimate of drug-likeness (QED) is 0.912. The fraction of sp³-hybridized carbons (Fsp3) is 0.409. The van der Waals surface area contributed by atoms with E-state index >= 15 is 0 Å². The Morgan fingerprint density at radius 3 is 2.04 bits per heavy atom. The minimum absolute atomic E-state index is 0.0442. The van der Waals surface area contributed by atoms with Gasteiger partial charge in [-0.1, -0.05) is 18.2 Å². The molecule has 0 radical (unpaired) electrons. The predicted octanol–water partition coefficient (Wildman–Crippen LogP) is 3.81. The number of anilines is 2. The number of piperidine rings is 1. The Bertz CT molecular complexity index is 745. The molecule has 0 aromatic heterocycles. The van der Waals surface area contributed by atoms with Crippen molar-refractivity contribution < 1.29 is 4.79 Å². The molecule has 4 heteroatoms. The van der Waals surface area contributed by atoms with Crippen molar-refractivity contribution >= 4 is 17.3 Å². The van der Waals surface area contributed by atoms with Gasteiger partial charge in [0.25, 0.3) is 5.91 Å². The highest BCUT2D eigenvalue weighted by atomic mass is 16.2. The van der Waals surface area contributed by atoms with Crippen LogP contribution >= 0.6 is 0 Å². The van der Waals surface area contributed by atoms with Gasteiger partial charge < -0.3 is 15.1 Å². The number of benzene rings is 2. The molecule has 3 atom stereocenters. The number of amides is 1. The highest BCUT2D eigenvalue weighted by Gasteiger charge is 2.36. The van der Waals surface area contributed by atoms with Crippen LogP contribution in [-0.4, -0.2) is 43.0 Å². The summed E-state index contributed by atoms with van der Waals surface area (Å²) in [5, 5.41) is 3.74. The Labute approximate surface area is 155 Å². The van der Waals surface area contributed by atoms with Gasteiger partial charge in [-0.3, -0.25) is 4.79 Å². The highest BCUT2D eigenvalue weighted by Crippen LogP contribution is 2.36. The van der Waals surface area contributed by atoms with E-state index in [1.165, 1.54) is 31.4 Å². The molecule has 1 N–H and O–H groups in total. The van der Waals surface area contributed by atoms with Crippen LogP contribution < -0.4 is 10.2 Å². The first-order valence-corrected chi connectivity index (χ1v) is 9.54. The second kappa shape index (κ2) is 7.12. The van der Waals surface area contributed by atoms with Crippen molar-refractivity contribution in [2.75, 3.05) is 19.0 Å². The standard InChI is InChI=1S/C22H27N3O/c1-24(2)22(26)16-8-12-20(13-9-16)25(19-6-4-3-5-7-19)21-14-17-10-11-18(15-21)23-17/h3-9,12-13,17-18,21,23H,10-11,14-15H2,1-2H3/t17-,18+,21?. The normalized spacial score (nSPS) is 24.3. The molecule has 2 saturated heterocycles. The SMILES string of the molecule is CN(C)C(=O)c1ccc(N(c2ccccc2)C2C[C@H]3CC[C@@H](C2)N3)cc1. The van der Waals surface area contributed by atoms with E-state index in [1.807, 2.05) is 12.1 Å². The number of para-hydroxylation sites is 1. The number of rotatable bonds is 4. The molecule has 2 bridgehead atoms. The van der Waals surface area contributed by atoms with Gasteiger partial charge in [0.1, 0.15) is 0 Å². The average molecular weight is 349 g/mol. The van der Waals surface area contributed by atoms with E-state index in [0.29, 0.717) is 18.1 Å². The third kappa shape index (κ3) is 3.34. The summed E-state index contributed by atoms with van der Waals surface area (Å²) in [5.74, 6) is 0.0442. The Morgan fingerprint density at radius 2 is 1.46 bits per heavy atom. The lowest BCUT2D eigenvalue weighted by atomic mass is 9.96. The molecule has 1 amide bonds. The number of fused-ring (bicyclic) bond motifs is 2. The summed E-state index contributed by atoms with van der Waals surface area (Å²) in [7, 11) is 3.58. The van der Waals surface area contributed by atoms with E-state index in [0.717, 1.165) is 11.3 Å². The number of carbonyl (C=O) groups is 1. The Morgan fingerprint density at radius 1 is 0.885 bits per heavy atom. The molecular formula is C22H27N3O. The number of hydrogen-bond acceptors (Lipinski definition) is 3. The number of nitrogens with one attached hydrogen (secondary N) is 1. The summed E-state index contributed by atoms with van der Waals surface area (Å²) < 4.78 is 0. The second-order valence-electron chi connectivity index (χ2n) is 7.72. The minimum Gasteiger partial charge on any atom is -0.345 e. The van der Waals surface area contributed by atoms with Gasteiger partial charge >= 0.3 is 0 Å². The first kappa shape index (κ1) is 17.1. The molecule has 2 aliphatic rings. The van der Waals surface area contributed by atoms with Gasteiger partial charge in [-0.05, 0) is 62.1 Å². The fourth-order valence-electron chi connectivity index (χ4n) is 4.42. The smallest absolute Gasteiger partial charge is 0.253 e. The van der Waals surface area contributed by atoms with Gasteiger partial charge in [-0.15, -0.1) is 0 Å². The zero-order valence-corrected chi connectivity index (χ0v) is 15.6. The number of carbonyl (C=O) groups excluding carboxylic acids is 1. The Kier molecular flexibility index (Phi) is 4.68. The molecular weight excluding hydrogens is 322 g/mol. The average Bonchev–Trinajstić information content (AvgIpc) is 3.01. The highest BCUT2D eigenvalue weighted by molar-refractivity contribution is 5.94. The monoisotopic (exact) mass is 349 g/mol. The predicted molar refractivity (Wildman–Crippen MR) is 106 cm³/mol. The summed E-state index contributed by atoms with van der Waals surface area (Å²) in [6.45, 7) is 0. The third-order valence-electron chi connectivity index (χ3n) is 5.65. The van der Waals surface area contributed by atoms with Crippen molar-refractivity contribution in [3.8, 4) is 0 Å². The number of hydrogen-bond donors (Lipinski definition) is 1. The lowest BCUT2D eigenvalue weighted by Crippen LogP contribution is -2.46. The van der Waals surface area contributed by atoms with Gasteiger partial charge in [0.05, 0.1) is 0 Å². The van der Waals surface area contributed by atoms with Gasteiger partial charge in [-0.25, -0.2) is 0 Å². The summed E-state index contributed by atoms with van der Waals surface area (Å²) in [6, 6.07) is 20.5. The summed E-state index contributed by atoms with van der Waals surface area (Å²) >= 11 is 0. The maximum absolute atomic E-state index is 12.2. The molecule has 4 rings (SSSR count). The van der Waals surface area contributed by atoms with Gasteiger partial charge in [-0.2, -0.15) is 0 Å². The largest absolute Gasteiger partial charge is 0.345 e. The molecule has 1 unspecified atom stereocenters. The Balaban J connectivity index is 1.66. The molecule has 0 aliphatic carbocycles. The topological polar surface area (TPSA) is 35.6 Å². The van der Waals surface area contributed by atoms with Crippen molar-refractivity contribution in [3.05, 3.63) is 60.2 Å². The lowest BCUT2D eigenvalue weighted by Gasteiger charge is -2.39. The van der Waals surface area contributed by atoms with Crippen molar-refractivity contribution in [2.45, 2.75) is 43.8 Å². The van der Waals surface area contributed by atoms with Crippen molar-refractivity contribution in [2.24, 2.45) is 0 Å². The molecule has 0 spiro atoms.